The molecule has 1 aliphatic rings. The average molecular weight is 548 g/mol. The smallest absolute Gasteiger partial charge is 0.289 e. The summed E-state index contributed by atoms with van der Waals surface area (Å²) in [6.07, 6.45) is 1.44. The van der Waals surface area contributed by atoms with E-state index in [9.17, 15) is 14.4 Å². The van der Waals surface area contributed by atoms with Crippen LogP contribution in [0.15, 0.2) is 35.7 Å². The van der Waals surface area contributed by atoms with Crippen LogP contribution in [0.5, 0.6) is 0 Å². The maximum absolute atomic E-state index is 13.2. The molecule has 0 unspecified atom stereocenters. The second-order valence-corrected chi connectivity index (χ2v) is 10.6. The molecule has 0 saturated carbocycles. The predicted molar refractivity (Wildman–Crippen MR) is 146 cm³/mol. The Labute approximate surface area is 229 Å². The lowest BCUT2D eigenvalue weighted by atomic mass is 9.97. The molecular weight excluding hydrogens is 518 g/mol. The highest BCUT2D eigenvalue weighted by Gasteiger charge is 2.29. The molecule has 4 aromatic rings. The minimum atomic E-state index is -0.485. The van der Waals surface area contributed by atoms with Crippen molar-refractivity contribution in [3.05, 3.63) is 69.1 Å². The molecule has 3 aromatic heterocycles. The molecule has 1 aliphatic heterocycles. The second kappa shape index (κ2) is 10.8. The molecule has 13 heteroatoms. The molecule has 39 heavy (non-hydrogen) atoms. The highest BCUT2D eigenvalue weighted by molar-refractivity contribution is 7.09. The molecule has 0 atom stereocenters. The van der Waals surface area contributed by atoms with Crippen LogP contribution in [0.4, 0.5) is 5.69 Å². The largest absolute Gasteiger partial charge is 0.378 e. The van der Waals surface area contributed by atoms with Gasteiger partial charge in [-0.2, -0.15) is 5.10 Å². The average Bonchev–Trinajstić information content (AvgIpc) is 3.59. The molecule has 5 rings (SSSR count). The van der Waals surface area contributed by atoms with Gasteiger partial charge in [0.05, 0.1) is 16.4 Å². The van der Waals surface area contributed by atoms with Crippen LogP contribution in [-0.4, -0.2) is 74.6 Å². The third-order valence-corrected chi connectivity index (χ3v) is 7.76. The Morgan fingerprint density at radius 2 is 1.69 bits per heavy atom. The van der Waals surface area contributed by atoms with Crippen molar-refractivity contribution in [2.24, 2.45) is 0 Å². The molecule has 2 N–H and O–H groups in total. The predicted octanol–water partition coefficient (Wildman–Crippen LogP) is 2.36. The van der Waals surface area contributed by atoms with E-state index in [1.165, 1.54) is 11.3 Å². The van der Waals surface area contributed by atoms with Crippen molar-refractivity contribution >= 4 is 40.4 Å². The summed E-state index contributed by atoms with van der Waals surface area (Å²) in [5.74, 6) is -0.932. The molecule has 0 bridgehead atoms. The second-order valence-electron chi connectivity index (χ2n) is 9.68. The summed E-state index contributed by atoms with van der Waals surface area (Å²) in [6, 6.07) is 8.87. The SMILES string of the molecule is Cc1cc2nnc(C(=O)N3CCC(c4nc(C(=O)NNC(=O)c5ccc(N(C)C)cc5)cs4)CC3)c(C)n2n1. The van der Waals surface area contributed by atoms with Crippen LogP contribution in [-0.2, 0) is 0 Å². The lowest BCUT2D eigenvalue weighted by Gasteiger charge is -2.31. The molecule has 0 aliphatic carbocycles. The number of thiazole rings is 1. The first kappa shape index (κ1) is 26.2. The van der Waals surface area contributed by atoms with Crippen molar-refractivity contribution in [3.63, 3.8) is 0 Å². The van der Waals surface area contributed by atoms with Gasteiger partial charge in [0, 0.05) is 55.8 Å². The van der Waals surface area contributed by atoms with E-state index in [4.69, 9.17) is 0 Å². The summed E-state index contributed by atoms with van der Waals surface area (Å²) in [7, 11) is 3.83. The Hall–Kier alpha value is -4.39. The Morgan fingerprint density at radius 3 is 2.38 bits per heavy atom. The number of likely N-dealkylation sites (tertiary alicyclic amines) is 1. The minimum absolute atomic E-state index is 0.133. The molecule has 1 fully saturated rings. The topological polar surface area (TPSA) is 138 Å². The molecule has 4 heterocycles. The first-order valence-corrected chi connectivity index (χ1v) is 13.4. The Balaban J connectivity index is 1.15. The number of amides is 3. The van der Waals surface area contributed by atoms with Crippen molar-refractivity contribution in [1.82, 2.24) is 40.5 Å². The highest BCUT2D eigenvalue weighted by Crippen LogP contribution is 2.31. The molecule has 1 aromatic carbocycles. The molecule has 1 saturated heterocycles. The molecule has 0 radical (unpaired) electrons. The third kappa shape index (κ3) is 5.43. The number of aryl methyl sites for hydroxylation is 2. The van der Waals surface area contributed by atoms with Gasteiger partial charge < -0.3 is 9.80 Å². The number of anilines is 1. The number of hydrazine groups is 1. The number of piperidine rings is 1. The number of hydrogen-bond acceptors (Lipinski definition) is 9. The van der Waals surface area contributed by atoms with E-state index in [-0.39, 0.29) is 17.5 Å². The summed E-state index contributed by atoms with van der Waals surface area (Å²) < 4.78 is 1.65. The van der Waals surface area contributed by atoms with Crippen LogP contribution >= 0.6 is 11.3 Å². The number of fused-ring (bicyclic) bond motifs is 1. The van der Waals surface area contributed by atoms with E-state index in [2.05, 4.69) is 31.1 Å². The minimum Gasteiger partial charge on any atom is -0.378 e. The summed E-state index contributed by atoms with van der Waals surface area (Å²) in [5.41, 5.74) is 8.90. The quantitative estimate of drug-likeness (QED) is 0.363. The molecule has 12 nitrogen and oxygen atoms in total. The van der Waals surface area contributed by atoms with Gasteiger partial charge in [-0.3, -0.25) is 25.2 Å². The molecule has 0 spiro atoms. The number of carbonyl (C=O) groups is 3. The van der Waals surface area contributed by atoms with Gasteiger partial charge in [-0.25, -0.2) is 9.50 Å². The van der Waals surface area contributed by atoms with E-state index >= 15 is 0 Å². The van der Waals surface area contributed by atoms with Crippen molar-refractivity contribution in [3.8, 4) is 0 Å². The summed E-state index contributed by atoms with van der Waals surface area (Å²) >= 11 is 1.40. The number of aromatic nitrogens is 5. The lowest BCUT2D eigenvalue weighted by molar-refractivity contribution is 0.0703. The van der Waals surface area contributed by atoms with Crippen LogP contribution in [0.1, 0.15) is 66.5 Å². The van der Waals surface area contributed by atoms with Crippen molar-refractivity contribution in [1.29, 1.82) is 0 Å². The Kier molecular flexibility index (Phi) is 7.24. The fourth-order valence-corrected chi connectivity index (χ4v) is 5.47. The maximum Gasteiger partial charge on any atom is 0.289 e. The van der Waals surface area contributed by atoms with E-state index in [0.29, 0.717) is 35.7 Å². The number of nitrogens with zero attached hydrogens (tertiary/aromatic N) is 7. The van der Waals surface area contributed by atoms with Gasteiger partial charge >= 0.3 is 0 Å². The zero-order valence-electron chi connectivity index (χ0n) is 22.1. The zero-order valence-corrected chi connectivity index (χ0v) is 22.9. The first-order chi connectivity index (χ1) is 18.7. The van der Waals surface area contributed by atoms with Gasteiger partial charge in [-0.1, -0.05) is 0 Å². The normalized spacial score (nSPS) is 13.9. The number of carbonyl (C=O) groups excluding carboxylic acids is 3. The summed E-state index contributed by atoms with van der Waals surface area (Å²) in [4.78, 5) is 46.3. The number of benzene rings is 1. The monoisotopic (exact) mass is 547 g/mol. The molecule has 202 valence electrons. The van der Waals surface area contributed by atoms with E-state index in [0.717, 1.165) is 29.2 Å². The third-order valence-electron chi connectivity index (χ3n) is 6.75. The maximum atomic E-state index is 13.2. The summed E-state index contributed by atoms with van der Waals surface area (Å²) in [6.45, 7) is 4.78. The summed E-state index contributed by atoms with van der Waals surface area (Å²) in [5, 5.41) is 15.2. The molecular formula is C26H29N9O3S. The van der Waals surface area contributed by atoms with Crippen LogP contribution in [0, 0.1) is 13.8 Å². The van der Waals surface area contributed by atoms with Crippen LogP contribution < -0.4 is 15.8 Å². The number of hydrogen-bond donors (Lipinski definition) is 2. The van der Waals surface area contributed by atoms with Crippen LogP contribution in [0.25, 0.3) is 5.65 Å². The zero-order chi connectivity index (χ0) is 27.7. The van der Waals surface area contributed by atoms with Gasteiger partial charge in [-0.15, -0.1) is 21.5 Å². The number of nitrogens with one attached hydrogen (secondary N) is 2. The Bertz CT molecular complexity index is 1540. The highest BCUT2D eigenvalue weighted by atomic mass is 32.1. The van der Waals surface area contributed by atoms with Crippen LogP contribution in [0.2, 0.25) is 0 Å². The molecule has 3 amide bonds. The van der Waals surface area contributed by atoms with Crippen molar-refractivity contribution in [2.75, 3.05) is 32.1 Å². The van der Waals surface area contributed by atoms with Gasteiger partial charge in [0.1, 0.15) is 5.69 Å². The van der Waals surface area contributed by atoms with Crippen molar-refractivity contribution in [2.45, 2.75) is 32.6 Å². The van der Waals surface area contributed by atoms with Gasteiger partial charge in [0.15, 0.2) is 11.3 Å². The first-order valence-electron chi connectivity index (χ1n) is 12.5. The van der Waals surface area contributed by atoms with Gasteiger partial charge in [-0.05, 0) is 51.0 Å². The van der Waals surface area contributed by atoms with Gasteiger partial charge in [0.2, 0.25) is 0 Å². The van der Waals surface area contributed by atoms with E-state index in [1.807, 2.05) is 51.0 Å². The Morgan fingerprint density at radius 1 is 1.00 bits per heavy atom. The van der Waals surface area contributed by atoms with E-state index in [1.54, 1.807) is 26.9 Å². The fourth-order valence-electron chi connectivity index (χ4n) is 4.49. The van der Waals surface area contributed by atoms with E-state index < -0.39 is 11.8 Å². The van der Waals surface area contributed by atoms with Crippen LogP contribution in [0.3, 0.4) is 0 Å². The fraction of sp³-hybridized carbons (Fsp3) is 0.346. The number of rotatable bonds is 5. The van der Waals surface area contributed by atoms with Gasteiger partial charge in [0.25, 0.3) is 17.7 Å². The standard InChI is InChI=1S/C26H29N9O3S/c1-15-13-21-28-29-22(16(2)35(21)32-15)26(38)34-11-9-18(10-12-34)25-27-20(14-39-25)24(37)31-30-23(36)17-5-7-19(8-6-17)33(3)4/h5-8,13-14,18H,9-12H2,1-4H3,(H,30,36)(H,31,37). The lowest BCUT2D eigenvalue weighted by Crippen LogP contribution is -2.41. The van der Waals surface area contributed by atoms with Crippen molar-refractivity contribution < 1.29 is 14.4 Å².